The summed E-state index contributed by atoms with van der Waals surface area (Å²) in [4.78, 5) is 23.5. The lowest BCUT2D eigenvalue weighted by Gasteiger charge is -2.27. The van der Waals surface area contributed by atoms with Gasteiger partial charge in [0.25, 0.3) is 5.91 Å². The summed E-state index contributed by atoms with van der Waals surface area (Å²) in [7, 11) is 0. The van der Waals surface area contributed by atoms with Crippen molar-refractivity contribution in [2.24, 2.45) is 10.9 Å². The van der Waals surface area contributed by atoms with Crippen molar-refractivity contribution in [3.05, 3.63) is 34.9 Å². The minimum absolute atomic E-state index is 0.115. The van der Waals surface area contributed by atoms with Crippen molar-refractivity contribution in [2.45, 2.75) is 44.8 Å². The molecule has 2 atom stereocenters. The predicted octanol–water partition coefficient (Wildman–Crippen LogP) is 4.35. The molecule has 0 saturated carbocycles. The van der Waals surface area contributed by atoms with Gasteiger partial charge in [0.2, 0.25) is 0 Å². The normalized spacial score (nSPS) is 25.7. The smallest absolute Gasteiger partial charge is 0.265 e. The van der Waals surface area contributed by atoms with E-state index in [-0.39, 0.29) is 11.9 Å². The maximum absolute atomic E-state index is 12.8. The molecule has 2 aliphatic heterocycles. The molecule has 164 valence electrons. The van der Waals surface area contributed by atoms with Gasteiger partial charge in [0.05, 0.1) is 9.58 Å². The molecule has 1 fully saturated rings. The molecule has 2 N–H and O–H groups in total. The summed E-state index contributed by atoms with van der Waals surface area (Å²) >= 11 is 3.02. The molecule has 9 heteroatoms. The molecule has 1 aliphatic carbocycles. The summed E-state index contributed by atoms with van der Waals surface area (Å²) in [6.45, 7) is 6.54. The number of aliphatic imine (C=N–C) groups is 1. The zero-order valence-corrected chi connectivity index (χ0v) is 19.3. The molecule has 1 saturated heterocycles. The van der Waals surface area contributed by atoms with Gasteiger partial charge in [-0.1, -0.05) is 11.3 Å². The number of nitrogens with zero attached hydrogens (tertiary/aromatic N) is 2. The van der Waals surface area contributed by atoms with E-state index in [1.54, 1.807) is 11.3 Å². The van der Waals surface area contributed by atoms with Crippen LogP contribution in [0.5, 0.6) is 0 Å². The number of carbonyl (C=O) groups is 1. The van der Waals surface area contributed by atoms with Gasteiger partial charge in [0.1, 0.15) is 10.9 Å². The molecule has 2 aromatic rings. The third kappa shape index (κ3) is 4.40. The molecule has 31 heavy (non-hydrogen) atoms. The molecular formula is C22H26N4O3S2. The number of amides is 1. The lowest BCUT2D eigenvalue weighted by atomic mass is 9.91. The molecule has 1 amide bonds. The Bertz CT molecular complexity index is 1050. The zero-order valence-electron chi connectivity index (χ0n) is 17.6. The molecule has 3 aliphatic rings. The number of rotatable bonds is 6. The molecule has 0 spiro atoms. The number of aromatic nitrogens is 1. The Morgan fingerprint density at radius 3 is 2.97 bits per heavy atom. The first-order chi connectivity index (χ1) is 15.0. The second-order valence-corrected chi connectivity index (χ2v) is 10.4. The average Bonchev–Trinajstić information content (AvgIpc) is 3.39. The van der Waals surface area contributed by atoms with E-state index in [1.807, 2.05) is 38.1 Å². The fourth-order valence-electron chi connectivity index (χ4n) is 4.16. The van der Waals surface area contributed by atoms with Gasteiger partial charge >= 0.3 is 0 Å². The van der Waals surface area contributed by atoms with E-state index < -0.39 is 5.60 Å². The summed E-state index contributed by atoms with van der Waals surface area (Å²) in [5.74, 6) is 1.29. The molecule has 0 radical (unpaired) electrons. The van der Waals surface area contributed by atoms with Crippen LogP contribution in [0, 0.1) is 5.92 Å². The standard InChI is InChI=1S/C22H26N4O3S2/c1-13-24-18-11-15(3-7-22(18,2)29-13)25-19(27)16-12-17-20(30-16)26-21(31-17)23-8-4-14-5-9-28-10-6-14/h3,7,11-12,14,18H,4-6,8-10H2,1-2H3,(H,23,26)(H,25,27). The van der Waals surface area contributed by atoms with Crippen LogP contribution in [0.1, 0.15) is 42.8 Å². The summed E-state index contributed by atoms with van der Waals surface area (Å²) in [5, 5.41) is 7.35. The van der Waals surface area contributed by atoms with Crippen LogP contribution in [-0.2, 0) is 9.47 Å². The van der Waals surface area contributed by atoms with Crippen LogP contribution in [0.25, 0.3) is 9.53 Å². The summed E-state index contributed by atoms with van der Waals surface area (Å²) < 4.78 is 12.2. The molecule has 0 aromatic carbocycles. The first-order valence-corrected chi connectivity index (χ1v) is 12.3. The van der Waals surface area contributed by atoms with Crippen molar-refractivity contribution < 1.29 is 14.3 Å². The monoisotopic (exact) mass is 458 g/mol. The van der Waals surface area contributed by atoms with Gasteiger partial charge in [-0.2, -0.15) is 0 Å². The number of hydrogen-bond donors (Lipinski definition) is 2. The van der Waals surface area contributed by atoms with Crippen LogP contribution in [-0.4, -0.2) is 48.2 Å². The number of anilines is 1. The molecular weight excluding hydrogens is 432 g/mol. The van der Waals surface area contributed by atoms with Crippen LogP contribution in [0.15, 0.2) is 35.0 Å². The minimum Gasteiger partial charge on any atom is -0.468 e. The van der Waals surface area contributed by atoms with Crippen molar-refractivity contribution in [3.63, 3.8) is 0 Å². The topological polar surface area (TPSA) is 84.8 Å². The second kappa shape index (κ2) is 8.37. The van der Waals surface area contributed by atoms with Crippen LogP contribution in [0.4, 0.5) is 5.13 Å². The molecule has 7 nitrogen and oxygen atoms in total. The van der Waals surface area contributed by atoms with Gasteiger partial charge in [-0.15, -0.1) is 11.3 Å². The van der Waals surface area contributed by atoms with Crippen LogP contribution >= 0.6 is 22.7 Å². The first-order valence-electron chi connectivity index (χ1n) is 10.7. The van der Waals surface area contributed by atoms with Crippen LogP contribution in [0.2, 0.25) is 0 Å². The van der Waals surface area contributed by atoms with E-state index >= 15 is 0 Å². The Balaban J connectivity index is 1.18. The van der Waals surface area contributed by atoms with Gasteiger partial charge < -0.3 is 20.1 Å². The van der Waals surface area contributed by atoms with E-state index in [2.05, 4.69) is 20.6 Å². The SMILES string of the molecule is CC1=NC2C=C(NC(=O)c3cc4sc(NCCC5CCOCC5)nc4s3)C=CC2(C)O1. The number of carbonyl (C=O) groups excluding carboxylic acids is 1. The summed E-state index contributed by atoms with van der Waals surface area (Å²) in [6, 6.07) is 1.81. The van der Waals surface area contributed by atoms with Gasteiger partial charge in [-0.3, -0.25) is 4.79 Å². The van der Waals surface area contributed by atoms with E-state index in [1.165, 1.54) is 11.3 Å². The van der Waals surface area contributed by atoms with Gasteiger partial charge in [0, 0.05) is 32.4 Å². The van der Waals surface area contributed by atoms with Crippen molar-refractivity contribution >= 4 is 49.1 Å². The van der Waals surface area contributed by atoms with Crippen molar-refractivity contribution in [2.75, 3.05) is 25.1 Å². The molecule has 2 aromatic heterocycles. The number of fused-ring (bicyclic) bond motifs is 2. The third-order valence-corrected chi connectivity index (χ3v) is 8.06. The lowest BCUT2D eigenvalue weighted by Crippen LogP contribution is -2.37. The van der Waals surface area contributed by atoms with Gasteiger partial charge in [0.15, 0.2) is 16.6 Å². The van der Waals surface area contributed by atoms with E-state index in [0.717, 1.165) is 65.3 Å². The van der Waals surface area contributed by atoms with Crippen LogP contribution in [0.3, 0.4) is 0 Å². The zero-order chi connectivity index (χ0) is 21.4. The van der Waals surface area contributed by atoms with Gasteiger partial charge in [-0.05, 0) is 56.4 Å². The fourth-order valence-corrected chi connectivity index (χ4v) is 6.20. The quantitative estimate of drug-likeness (QED) is 0.672. The number of thiazole rings is 1. The minimum atomic E-state index is -0.456. The highest BCUT2D eigenvalue weighted by Crippen LogP contribution is 2.34. The number of nitrogens with one attached hydrogen (secondary N) is 2. The second-order valence-electron chi connectivity index (χ2n) is 8.36. The van der Waals surface area contributed by atoms with E-state index in [0.29, 0.717) is 10.8 Å². The Kier molecular flexibility index (Phi) is 5.58. The lowest BCUT2D eigenvalue weighted by molar-refractivity contribution is 0.0649. The Labute approximate surface area is 189 Å². The molecule has 4 heterocycles. The highest BCUT2D eigenvalue weighted by molar-refractivity contribution is 7.29. The van der Waals surface area contributed by atoms with E-state index in [9.17, 15) is 4.79 Å². The highest BCUT2D eigenvalue weighted by Gasteiger charge is 2.40. The number of ether oxygens (including phenoxy) is 2. The van der Waals surface area contributed by atoms with Crippen LogP contribution < -0.4 is 10.6 Å². The Morgan fingerprint density at radius 2 is 2.16 bits per heavy atom. The molecule has 0 bridgehead atoms. The van der Waals surface area contributed by atoms with Gasteiger partial charge in [-0.25, -0.2) is 9.98 Å². The molecule has 2 unspecified atom stereocenters. The van der Waals surface area contributed by atoms with E-state index in [4.69, 9.17) is 9.47 Å². The number of allylic oxidation sites excluding steroid dienone is 1. The number of hydrogen-bond acceptors (Lipinski definition) is 8. The largest absolute Gasteiger partial charge is 0.468 e. The fraction of sp³-hybridized carbons (Fsp3) is 0.500. The van der Waals surface area contributed by atoms with Crippen molar-refractivity contribution in [3.8, 4) is 0 Å². The van der Waals surface area contributed by atoms with Crippen molar-refractivity contribution in [1.29, 1.82) is 0 Å². The Hall–Kier alpha value is -2.23. The Morgan fingerprint density at radius 1 is 1.32 bits per heavy atom. The number of thiophene rings is 1. The highest BCUT2D eigenvalue weighted by atomic mass is 32.1. The maximum atomic E-state index is 12.8. The van der Waals surface area contributed by atoms with Crippen molar-refractivity contribution in [1.82, 2.24) is 10.3 Å². The molecule has 5 rings (SSSR count). The first kappa shape index (κ1) is 20.7. The summed E-state index contributed by atoms with van der Waals surface area (Å²) in [5.41, 5.74) is 0.289. The maximum Gasteiger partial charge on any atom is 0.265 e. The summed E-state index contributed by atoms with van der Waals surface area (Å²) in [6.07, 6.45) is 9.23. The average molecular weight is 459 g/mol. The predicted molar refractivity (Wildman–Crippen MR) is 125 cm³/mol. The third-order valence-electron chi connectivity index (χ3n) is 5.95.